The van der Waals surface area contributed by atoms with Gasteiger partial charge in [0.25, 0.3) is 6.33 Å². The Morgan fingerprint density at radius 1 is 0.885 bits per heavy atom. The summed E-state index contributed by atoms with van der Waals surface area (Å²) in [6.07, 6.45) is 1.94. The van der Waals surface area contributed by atoms with E-state index < -0.39 is 0 Å². The third kappa shape index (κ3) is 1.46. The quantitative estimate of drug-likeness (QED) is 0.221. The van der Waals surface area contributed by atoms with Gasteiger partial charge in [0.15, 0.2) is 5.52 Å². The Kier molecular flexibility index (Phi) is 2.42. The monoisotopic (exact) mass is 336 g/mol. The number of hydrogen-bond donors (Lipinski definition) is 0. The number of fused-ring (bicyclic) bond motifs is 5. The average Bonchev–Trinajstić information content (AvgIpc) is 2.98. The van der Waals surface area contributed by atoms with E-state index in [4.69, 9.17) is 0 Å². The lowest BCUT2D eigenvalue weighted by molar-refractivity contribution is -0.646. The zero-order valence-electron chi connectivity index (χ0n) is 15.0. The Morgan fingerprint density at radius 3 is 2.58 bits per heavy atom. The Balaban J connectivity index is 2.18. The second kappa shape index (κ2) is 4.50. The van der Waals surface area contributed by atoms with Gasteiger partial charge >= 0.3 is 0 Å². The summed E-state index contributed by atoms with van der Waals surface area (Å²) in [5, 5.41) is 5.22. The molecule has 6 rings (SSSR count). The first-order valence-corrected chi connectivity index (χ1v) is 8.98. The van der Waals surface area contributed by atoms with Crippen molar-refractivity contribution in [3.8, 4) is 0 Å². The summed E-state index contributed by atoms with van der Waals surface area (Å²) in [5.41, 5.74) is 8.80. The average molecular weight is 336 g/mol. The van der Waals surface area contributed by atoms with Crippen LogP contribution in [0.3, 0.4) is 0 Å². The van der Waals surface area contributed by atoms with Crippen molar-refractivity contribution in [3.05, 3.63) is 66.0 Å². The number of rotatable bonds is 0. The summed E-state index contributed by atoms with van der Waals surface area (Å²) in [7, 11) is 2.10. The molecule has 3 heterocycles. The van der Waals surface area contributed by atoms with Crippen LogP contribution in [0.5, 0.6) is 0 Å². The number of aryl methyl sites for hydroxylation is 3. The lowest BCUT2D eigenvalue weighted by Gasteiger charge is -2.14. The maximum Gasteiger partial charge on any atom is 0.287 e. The van der Waals surface area contributed by atoms with Gasteiger partial charge in [0.05, 0.1) is 34.4 Å². The van der Waals surface area contributed by atoms with Gasteiger partial charge < -0.3 is 4.40 Å². The van der Waals surface area contributed by atoms with Crippen LogP contribution in [0, 0.1) is 13.8 Å². The molecule has 0 spiro atoms. The predicted octanol–water partition coefficient (Wildman–Crippen LogP) is 4.83. The van der Waals surface area contributed by atoms with Crippen LogP contribution in [-0.2, 0) is 7.05 Å². The minimum Gasteiger partial charge on any atom is -0.308 e. The number of para-hydroxylation sites is 1. The molecule has 0 radical (unpaired) electrons. The van der Waals surface area contributed by atoms with Crippen LogP contribution in [0.4, 0.5) is 0 Å². The first kappa shape index (κ1) is 14.0. The first-order valence-electron chi connectivity index (χ1n) is 8.98. The molecule has 0 saturated carbocycles. The predicted molar refractivity (Wildman–Crippen MR) is 107 cm³/mol. The lowest BCUT2D eigenvalue weighted by atomic mass is 9.97. The van der Waals surface area contributed by atoms with Crippen molar-refractivity contribution in [2.24, 2.45) is 7.05 Å². The van der Waals surface area contributed by atoms with E-state index in [9.17, 15) is 0 Å². The van der Waals surface area contributed by atoms with Crippen molar-refractivity contribution < 1.29 is 4.57 Å². The second-order valence-electron chi connectivity index (χ2n) is 7.32. The highest BCUT2D eigenvalue weighted by Gasteiger charge is 2.23. The molecule has 0 saturated heterocycles. The number of hydrogen-bond acceptors (Lipinski definition) is 1. The molecule has 0 amide bonds. The molecule has 0 aliphatic carbocycles. The van der Waals surface area contributed by atoms with Gasteiger partial charge in [-0.3, -0.25) is 0 Å². The lowest BCUT2D eigenvalue weighted by Crippen LogP contribution is -2.30. The van der Waals surface area contributed by atoms with Gasteiger partial charge in [0.1, 0.15) is 5.52 Å². The standard InChI is InChI=1S/C23H18N3/c1-13-11-16-15-7-4-5-9-18(15)26-19-10-6-8-17-21(19)23(25(3)12-24-17)20(14(13)2)22(16)26/h4-12H,1-3H3/q+1. The van der Waals surface area contributed by atoms with E-state index in [0.29, 0.717) is 0 Å². The van der Waals surface area contributed by atoms with Crippen molar-refractivity contribution in [1.82, 2.24) is 9.38 Å². The van der Waals surface area contributed by atoms with Crippen LogP contribution in [0.1, 0.15) is 11.1 Å². The van der Waals surface area contributed by atoms with Gasteiger partial charge in [-0.2, -0.15) is 0 Å². The van der Waals surface area contributed by atoms with E-state index in [1.165, 1.54) is 54.7 Å². The molecular formula is C23H18N3+. The Bertz CT molecular complexity index is 1510. The van der Waals surface area contributed by atoms with E-state index in [2.05, 4.69) is 83.4 Å². The zero-order chi connectivity index (χ0) is 17.6. The number of nitrogens with zero attached hydrogens (tertiary/aromatic N) is 3. The van der Waals surface area contributed by atoms with Crippen molar-refractivity contribution in [1.29, 1.82) is 0 Å². The molecule has 3 aromatic heterocycles. The Labute approximate surface area is 150 Å². The van der Waals surface area contributed by atoms with E-state index in [0.717, 1.165) is 5.52 Å². The molecule has 26 heavy (non-hydrogen) atoms. The van der Waals surface area contributed by atoms with Gasteiger partial charge in [0.2, 0.25) is 0 Å². The summed E-state index contributed by atoms with van der Waals surface area (Å²) < 4.78 is 4.61. The molecule has 0 atom stereocenters. The van der Waals surface area contributed by atoms with E-state index in [-0.39, 0.29) is 0 Å². The highest BCUT2D eigenvalue weighted by molar-refractivity contribution is 6.25. The fraction of sp³-hybridized carbons (Fsp3) is 0.130. The van der Waals surface area contributed by atoms with E-state index in [1.54, 1.807) is 0 Å². The molecule has 0 fully saturated rings. The molecule has 0 bridgehead atoms. The molecule has 3 nitrogen and oxygen atoms in total. The Morgan fingerprint density at radius 2 is 1.69 bits per heavy atom. The molecular weight excluding hydrogens is 318 g/mol. The van der Waals surface area contributed by atoms with Crippen molar-refractivity contribution >= 4 is 49.1 Å². The molecule has 6 aromatic rings. The maximum absolute atomic E-state index is 4.69. The fourth-order valence-electron chi connectivity index (χ4n) is 4.65. The summed E-state index contributed by atoms with van der Waals surface area (Å²) >= 11 is 0. The zero-order valence-corrected chi connectivity index (χ0v) is 15.0. The summed E-state index contributed by atoms with van der Waals surface area (Å²) in [6, 6.07) is 17.5. The van der Waals surface area contributed by atoms with Crippen LogP contribution in [0.2, 0.25) is 0 Å². The highest BCUT2D eigenvalue weighted by Crippen LogP contribution is 2.40. The molecule has 0 aliphatic rings. The maximum atomic E-state index is 4.69. The molecule has 124 valence electrons. The third-order valence-electron chi connectivity index (χ3n) is 5.94. The summed E-state index contributed by atoms with van der Waals surface area (Å²) in [4.78, 5) is 4.69. The SMILES string of the molecule is Cc1cc2c3ccccc3n3c4cccc5nc[n+](C)c(c(c1C)c23)c54. The van der Waals surface area contributed by atoms with Gasteiger partial charge in [-0.05, 0) is 54.2 Å². The van der Waals surface area contributed by atoms with Crippen LogP contribution < -0.4 is 4.57 Å². The van der Waals surface area contributed by atoms with Gasteiger partial charge in [-0.15, -0.1) is 0 Å². The number of pyridine rings is 1. The highest BCUT2D eigenvalue weighted by atomic mass is 15.0. The topological polar surface area (TPSA) is 21.2 Å². The number of aromatic nitrogens is 3. The summed E-state index contributed by atoms with van der Waals surface area (Å²) in [5.74, 6) is 0. The normalized spacial score (nSPS) is 12.4. The van der Waals surface area contributed by atoms with Crippen molar-refractivity contribution in [2.75, 3.05) is 0 Å². The Hall–Kier alpha value is -3.20. The largest absolute Gasteiger partial charge is 0.308 e. The van der Waals surface area contributed by atoms with E-state index in [1.807, 2.05) is 6.33 Å². The van der Waals surface area contributed by atoms with Crippen molar-refractivity contribution in [3.63, 3.8) is 0 Å². The summed E-state index contributed by atoms with van der Waals surface area (Å²) in [6.45, 7) is 4.46. The van der Waals surface area contributed by atoms with Gasteiger partial charge in [-0.25, -0.2) is 4.57 Å². The molecule has 0 aliphatic heterocycles. The number of benzene rings is 3. The van der Waals surface area contributed by atoms with Crippen LogP contribution in [0.15, 0.2) is 54.9 Å². The van der Waals surface area contributed by atoms with Crippen molar-refractivity contribution in [2.45, 2.75) is 13.8 Å². The second-order valence-corrected chi connectivity index (χ2v) is 7.32. The van der Waals surface area contributed by atoms with Gasteiger partial charge in [-0.1, -0.05) is 24.3 Å². The molecule has 3 aromatic carbocycles. The van der Waals surface area contributed by atoms with Crippen LogP contribution in [-0.4, -0.2) is 9.38 Å². The van der Waals surface area contributed by atoms with Crippen LogP contribution in [0.25, 0.3) is 49.1 Å². The molecule has 0 unspecified atom stereocenters. The fourth-order valence-corrected chi connectivity index (χ4v) is 4.65. The van der Waals surface area contributed by atoms with Crippen LogP contribution >= 0.6 is 0 Å². The van der Waals surface area contributed by atoms with E-state index >= 15 is 0 Å². The minimum absolute atomic E-state index is 1.05. The molecule has 0 N–H and O–H groups in total. The smallest absolute Gasteiger partial charge is 0.287 e. The third-order valence-corrected chi connectivity index (χ3v) is 5.94. The van der Waals surface area contributed by atoms with Gasteiger partial charge in [0, 0.05) is 10.8 Å². The first-order chi connectivity index (χ1) is 12.7. The minimum atomic E-state index is 1.05. The molecule has 3 heteroatoms.